The molecule has 0 aromatic rings. The Balaban J connectivity index is 1.75. The lowest BCUT2D eigenvalue weighted by molar-refractivity contribution is -0.158. The third-order valence-corrected chi connectivity index (χ3v) is 7.62. The molecule has 0 aromatic carbocycles. The van der Waals surface area contributed by atoms with Gasteiger partial charge in [0.05, 0.1) is 36.6 Å². The van der Waals surface area contributed by atoms with Gasteiger partial charge in [-0.25, -0.2) is 0 Å². The lowest BCUT2D eigenvalue weighted by Gasteiger charge is -2.27. The second-order valence-corrected chi connectivity index (χ2v) is 10.5. The molecule has 212 valence electrons. The number of hydrogen-bond acceptors (Lipinski definition) is 7. The number of ether oxygens (including phenoxy) is 6. The molecule has 0 aromatic heterocycles. The summed E-state index contributed by atoms with van der Waals surface area (Å²) in [5.74, 6) is 0. The van der Waals surface area contributed by atoms with E-state index in [4.69, 9.17) is 28.4 Å². The molecule has 2 heterocycles. The van der Waals surface area contributed by atoms with Crippen molar-refractivity contribution in [2.75, 3.05) is 27.8 Å². The van der Waals surface area contributed by atoms with E-state index in [9.17, 15) is 4.79 Å². The van der Waals surface area contributed by atoms with Gasteiger partial charge >= 0.3 is 0 Å². The molecule has 0 radical (unpaired) electrons. The van der Waals surface area contributed by atoms with E-state index in [1.807, 2.05) is 0 Å². The van der Waals surface area contributed by atoms with E-state index in [0.29, 0.717) is 13.2 Å². The van der Waals surface area contributed by atoms with Crippen molar-refractivity contribution in [1.82, 2.24) is 0 Å². The zero-order chi connectivity index (χ0) is 25.8. The van der Waals surface area contributed by atoms with Gasteiger partial charge < -0.3 is 33.2 Å². The van der Waals surface area contributed by atoms with Gasteiger partial charge in [-0.1, -0.05) is 64.7 Å². The molecule has 0 bridgehead atoms. The lowest BCUT2D eigenvalue weighted by atomic mass is 10.0. The molecule has 2 saturated heterocycles. The van der Waals surface area contributed by atoms with Gasteiger partial charge in [0.15, 0.2) is 0 Å². The Hall–Kier alpha value is -0.570. The normalized spacial score (nSPS) is 25.9. The molecule has 0 N–H and O–H groups in total. The fourth-order valence-electron chi connectivity index (χ4n) is 5.59. The second kappa shape index (κ2) is 20.4. The Labute approximate surface area is 220 Å². The molecule has 0 saturated carbocycles. The van der Waals surface area contributed by atoms with Crippen LogP contribution in [0.15, 0.2) is 0 Å². The summed E-state index contributed by atoms with van der Waals surface area (Å²) >= 11 is 0. The van der Waals surface area contributed by atoms with Crippen LogP contribution in [0.25, 0.3) is 0 Å². The van der Waals surface area contributed by atoms with Crippen LogP contribution in [0.3, 0.4) is 0 Å². The predicted molar refractivity (Wildman–Crippen MR) is 141 cm³/mol. The molecule has 36 heavy (non-hydrogen) atoms. The van der Waals surface area contributed by atoms with Crippen molar-refractivity contribution in [1.29, 1.82) is 0 Å². The van der Waals surface area contributed by atoms with Crippen molar-refractivity contribution >= 4 is 6.29 Å². The van der Waals surface area contributed by atoms with E-state index in [2.05, 4.69) is 6.92 Å². The van der Waals surface area contributed by atoms with Gasteiger partial charge in [-0.2, -0.15) is 0 Å². The van der Waals surface area contributed by atoms with Gasteiger partial charge in [0.1, 0.15) is 19.9 Å². The van der Waals surface area contributed by atoms with Gasteiger partial charge in [-0.3, -0.25) is 0 Å². The van der Waals surface area contributed by atoms with Crippen LogP contribution in [-0.2, 0) is 33.2 Å². The molecule has 2 rings (SSSR count). The maximum atomic E-state index is 10.6. The molecular formula is C29H54O7. The standard InChI is InChI=1S/C29H54O7/c1-4-5-6-7-8-9-10-12-15-24(33-22-31-2)26-17-19-28(35-26)29-20-18-27(36-29)25(34-23-32-3)16-13-11-14-21-30/h21,24-29H,4-20,22-23H2,1-3H3/t24-,25-,26-,27-,28+,29-/m1/s1. The largest absolute Gasteiger partial charge is 0.370 e. The number of methoxy groups -OCH3 is 2. The quantitative estimate of drug-likeness (QED) is 0.0893. The summed E-state index contributed by atoms with van der Waals surface area (Å²) in [6.45, 7) is 2.85. The van der Waals surface area contributed by atoms with Gasteiger partial charge in [-0.05, 0) is 44.9 Å². The summed E-state index contributed by atoms with van der Waals surface area (Å²) in [5, 5.41) is 0. The van der Waals surface area contributed by atoms with E-state index in [1.54, 1.807) is 14.2 Å². The highest BCUT2D eigenvalue weighted by Gasteiger charge is 2.41. The molecule has 0 spiro atoms. The second-order valence-electron chi connectivity index (χ2n) is 10.5. The predicted octanol–water partition coefficient (Wildman–Crippen LogP) is 6.35. The lowest BCUT2D eigenvalue weighted by Crippen LogP contribution is -2.35. The van der Waals surface area contributed by atoms with Gasteiger partial charge in [0.25, 0.3) is 0 Å². The first-order valence-electron chi connectivity index (χ1n) is 14.7. The zero-order valence-electron chi connectivity index (χ0n) is 23.3. The molecular weight excluding hydrogens is 460 g/mol. The number of aldehydes is 1. The summed E-state index contributed by atoms with van der Waals surface area (Å²) in [6, 6.07) is 0. The maximum Gasteiger partial charge on any atom is 0.146 e. The summed E-state index contributed by atoms with van der Waals surface area (Å²) in [5.41, 5.74) is 0. The zero-order valence-corrected chi connectivity index (χ0v) is 23.3. The molecule has 2 aliphatic rings. The minimum absolute atomic E-state index is 0.00133. The van der Waals surface area contributed by atoms with Crippen LogP contribution >= 0.6 is 0 Å². The van der Waals surface area contributed by atoms with E-state index in [1.165, 1.54) is 51.4 Å². The average Bonchev–Trinajstić information content (AvgIpc) is 3.57. The third-order valence-electron chi connectivity index (χ3n) is 7.62. The Morgan fingerprint density at radius 1 is 0.694 bits per heavy atom. The van der Waals surface area contributed by atoms with Crippen LogP contribution in [0.4, 0.5) is 0 Å². The number of hydrogen-bond donors (Lipinski definition) is 0. The number of unbranched alkanes of at least 4 members (excludes halogenated alkanes) is 9. The summed E-state index contributed by atoms with van der Waals surface area (Å²) in [6.07, 6.45) is 20.3. The molecule has 7 nitrogen and oxygen atoms in total. The Kier molecular flexibility index (Phi) is 17.9. The van der Waals surface area contributed by atoms with Gasteiger partial charge in [0.2, 0.25) is 0 Å². The smallest absolute Gasteiger partial charge is 0.146 e. The van der Waals surface area contributed by atoms with Crippen LogP contribution in [0.1, 0.15) is 116 Å². The Bertz CT molecular complexity index is 532. The first-order valence-corrected chi connectivity index (χ1v) is 14.7. The third kappa shape index (κ3) is 12.3. The van der Waals surface area contributed by atoms with Crippen molar-refractivity contribution in [3.05, 3.63) is 0 Å². The summed E-state index contributed by atoms with van der Waals surface area (Å²) in [7, 11) is 3.32. The van der Waals surface area contributed by atoms with Crippen LogP contribution < -0.4 is 0 Å². The molecule has 0 amide bonds. The van der Waals surface area contributed by atoms with Crippen molar-refractivity contribution < 1.29 is 33.2 Å². The van der Waals surface area contributed by atoms with Gasteiger partial charge in [-0.15, -0.1) is 0 Å². The number of carbonyl (C=O) groups is 1. The highest BCUT2D eigenvalue weighted by atomic mass is 16.7. The molecule has 0 aliphatic carbocycles. The topological polar surface area (TPSA) is 72.5 Å². The van der Waals surface area contributed by atoms with Gasteiger partial charge in [0, 0.05) is 20.6 Å². The van der Waals surface area contributed by atoms with Crippen LogP contribution in [0.2, 0.25) is 0 Å². The SMILES string of the molecule is CCCCCCCCCC[C@@H](OCOC)[C@H]1CC[C@@H]([C@H]2CC[C@H]([C@@H](CCCCC=O)OCOC)O2)O1. The molecule has 2 aliphatic heterocycles. The van der Waals surface area contributed by atoms with E-state index < -0.39 is 0 Å². The van der Waals surface area contributed by atoms with Crippen LogP contribution in [0.5, 0.6) is 0 Å². The fraction of sp³-hybridized carbons (Fsp3) is 0.966. The van der Waals surface area contributed by atoms with E-state index in [-0.39, 0.29) is 43.4 Å². The van der Waals surface area contributed by atoms with Crippen molar-refractivity contribution in [3.8, 4) is 0 Å². The highest BCUT2D eigenvalue weighted by Crippen LogP contribution is 2.36. The maximum absolute atomic E-state index is 10.6. The van der Waals surface area contributed by atoms with Crippen LogP contribution in [-0.4, -0.2) is 70.7 Å². The number of carbonyl (C=O) groups excluding carboxylic acids is 1. The molecule has 6 atom stereocenters. The number of rotatable bonds is 23. The van der Waals surface area contributed by atoms with E-state index >= 15 is 0 Å². The summed E-state index contributed by atoms with van der Waals surface area (Å²) < 4.78 is 35.4. The first-order chi connectivity index (χ1) is 17.7. The first kappa shape index (κ1) is 31.6. The Morgan fingerprint density at radius 2 is 1.17 bits per heavy atom. The molecule has 2 fully saturated rings. The summed E-state index contributed by atoms with van der Waals surface area (Å²) in [4.78, 5) is 10.6. The monoisotopic (exact) mass is 514 g/mol. The van der Waals surface area contributed by atoms with Crippen molar-refractivity contribution in [3.63, 3.8) is 0 Å². The fourth-order valence-corrected chi connectivity index (χ4v) is 5.59. The van der Waals surface area contributed by atoms with Crippen molar-refractivity contribution in [2.45, 2.75) is 153 Å². The van der Waals surface area contributed by atoms with E-state index in [0.717, 1.165) is 57.7 Å². The van der Waals surface area contributed by atoms with Crippen LogP contribution in [0, 0.1) is 0 Å². The minimum Gasteiger partial charge on any atom is -0.370 e. The molecule has 7 heteroatoms. The minimum atomic E-state index is -0.00133. The Morgan fingerprint density at radius 3 is 1.64 bits per heavy atom. The van der Waals surface area contributed by atoms with Crippen molar-refractivity contribution in [2.24, 2.45) is 0 Å². The average molecular weight is 515 g/mol. The highest BCUT2D eigenvalue weighted by molar-refractivity contribution is 5.48. The molecule has 0 unspecified atom stereocenters.